The Morgan fingerprint density at radius 1 is 1.38 bits per heavy atom. The molecule has 0 atom stereocenters. The van der Waals surface area contributed by atoms with E-state index in [1.165, 1.54) is 4.90 Å². The number of thioether (sulfide) groups is 1. The van der Waals surface area contributed by atoms with E-state index in [0.29, 0.717) is 10.9 Å². The maximum Gasteiger partial charge on any atom is 0.253 e. The molecule has 2 heterocycles. The number of benzene rings is 1. The molecule has 1 saturated heterocycles. The Hall–Kier alpha value is -1.46. The van der Waals surface area contributed by atoms with Gasteiger partial charge in [0.15, 0.2) is 0 Å². The Bertz CT molecular complexity index is 635. The van der Waals surface area contributed by atoms with E-state index in [1.807, 2.05) is 46.3 Å². The van der Waals surface area contributed by atoms with Crippen molar-refractivity contribution >= 4 is 29.3 Å². The summed E-state index contributed by atoms with van der Waals surface area (Å²) < 4.78 is 1.84. The Morgan fingerprint density at radius 3 is 2.67 bits per heavy atom. The van der Waals surface area contributed by atoms with Gasteiger partial charge >= 0.3 is 0 Å². The molecule has 110 valence electrons. The largest absolute Gasteiger partial charge is 0.338 e. The molecule has 1 amide bonds. The minimum Gasteiger partial charge on any atom is -0.338 e. The van der Waals surface area contributed by atoms with E-state index in [-0.39, 0.29) is 5.91 Å². The molecule has 4 nitrogen and oxygen atoms in total. The molecule has 0 spiro atoms. The zero-order chi connectivity index (χ0) is 14.8. The molecule has 21 heavy (non-hydrogen) atoms. The van der Waals surface area contributed by atoms with Gasteiger partial charge in [0.05, 0.1) is 11.2 Å². The third kappa shape index (κ3) is 3.24. The molecule has 0 radical (unpaired) electrons. The van der Waals surface area contributed by atoms with Crippen molar-refractivity contribution in [3.8, 4) is 0 Å². The average molecular weight is 322 g/mol. The second-order valence-electron chi connectivity index (χ2n) is 5.19. The number of carbonyl (C=O) groups is 1. The Balaban J connectivity index is 1.54. The summed E-state index contributed by atoms with van der Waals surface area (Å²) in [6.45, 7) is 2.36. The van der Waals surface area contributed by atoms with Gasteiger partial charge in [0, 0.05) is 42.2 Å². The molecular formula is C15H16ClN3OS. The first-order valence-electron chi connectivity index (χ1n) is 6.77. The number of amides is 1. The van der Waals surface area contributed by atoms with Gasteiger partial charge in [0.1, 0.15) is 0 Å². The maximum absolute atomic E-state index is 12.3. The highest BCUT2D eigenvalue weighted by Gasteiger charge is 2.31. The van der Waals surface area contributed by atoms with Crippen LogP contribution in [0, 0.1) is 5.92 Å². The number of carbonyl (C=O) groups excluding carboxylic acids is 1. The molecule has 0 unspecified atom stereocenters. The van der Waals surface area contributed by atoms with Crippen LogP contribution in [-0.4, -0.2) is 39.9 Å². The molecule has 6 heteroatoms. The van der Waals surface area contributed by atoms with Crippen LogP contribution < -0.4 is 0 Å². The standard InChI is InChI=1S/C15H16ClN3OS/c1-21-14-4-2-12(3-5-14)15(20)18-7-11(8-18)9-19-10-13(16)6-17-19/h2-6,10-11H,7-9H2,1H3. The van der Waals surface area contributed by atoms with E-state index < -0.39 is 0 Å². The topological polar surface area (TPSA) is 38.1 Å². The number of halogens is 1. The Morgan fingerprint density at radius 2 is 2.10 bits per heavy atom. The molecule has 0 saturated carbocycles. The van der Waals surface area contributed by atoms with Crippen LogP contribution in [0.15, 0.2) is 41.6 Å². The molecule has 3 rings (SSSR count). The monoisotopic (exact) mass is 321 g/mol. The normalized spacial score (nSPS) is 15.0. The van der Waals surface area contributed by atoms with Crippen LogP contribution in [0.4, 0.5) is 0 Å². The predicted molar refractivity (Wildman–Crippen MR) is 84.9 cm³/mol. The zero-order valence-electron chi connectivity index (χ0n) is 11.7. The molecule has 0 aliphatic carbocycles. The van der Waals surface area contributed by atoms with Crippen LogP contribution in [-0.2, 0) is 6.54 Å². The second-order valence-corrected chi connectivity index (χ2v) is 6.50. The third-order valence-electron chi connectivity index (χ3n) is 3.63. The fraction of sp³-hybridized carbons (Fsp3) is 0.333. The van der Waals surface area contributed by atoms with Crippen LogP contribution in [0.25, 0.3) is 0 Å². The summed E-state index contributed by atoms with van der Waals surface area (Å²) in [7, 11) is 0. The van der Waals surface area contributed by atoms with Gasteiger partial charge in [-0.2, -0.15) is 5.10 Å². The summed E-state index contributed by atoms with van der Waals surface area (Å²) in [5.41, 5.74) is 0.758. The number of hydrogen-bond acceptors (Lipinski definition) is 3. The van der Waals surface area contributed by atoms with E-state index >= 15 is 0 Å². The summed E-state index contributed by atoms with van der Waals surface area (Å²) in [4.78, 5) is 15.4. The van der Waals surface area contributed by atoms with Gasteiger partial charge in [0.25, 0.3) is 5.91 Å². The summed E-state index contributed by atoms with van der Waals surface area (Å²) in [5.74, 6) is 0.563. The quantitative estimate of drug-likeness (QED) is 0.812. The van der Waals surface area contributed by atoms with Crippen LogP contribution in [0.3, 0.4) is 0 Å². The van der Waals surface area contributed by atoms with Gasteiger partial charge < -0.3 is 4.90 Å². The second kappa shape index (κ2) is 6.12. The van der Waals surface area contributed by atoms with Gasteiger partial charge in [-0.25, -0.2) is 0 Å². The number of aromatic nitrogens is 2. The number of likely N-dealkylation sites (tertiary alicyclic amines) is 1. The first-order chi connectivity index (χ1) is 10.2. The van der Waals surface area contributed by atoms with Crippen molar-refractivity contribution in [1.29, 1.82) is 0 Å². The van der Waals surface area contributed by atoms with Gasteiger partial charge in [-0.15, -0.1) is 11.8 Å². The Kier molecular flexibility index (Phi) is 4.22. The van der Waals surface area contributed by atoms with Crippen molar-refractivity contribution < 1.29 is 4.79 Å². The smallest absolute Gasteiger partial charge is 0.253 e. The number of hydrogen-bond donors (Lipinski definition) is 0. The first-order valence-corrected chi connectivity index (χ1v) is 8.37. The van der Waals surface area contributed by atoms with Gasteiger partial charge in [-0.3, -0.25) is 9.48 Å². The minimum atomic E-state index is 0.109. The lowest BCUT2D eigenvalue weighted by molar-refractivity contribution is 0.0461. The highest BCUT2D eigenvalue weighted by atomic mass is 35.5. The van der Waals surface area contributed by atoms with Gasteiger partial charge in [-0.05, 0) is 30.5 Å². The van der Waals surface area contributed by atoms with E-state index in [1.54, 1.807) is 18.0 Å². The molecule has 1 aliphatic rings. The predicted octanol–water partition coefficient (Wildman–Crippen LogP) is 3.03. The highest BCUT2D eigenvalue weighted by molar-refractivity contribution is 7.98. The number of rotatable bonds is 4. The van der Waals surface area contributed by atoms with Crippen LogP contribution >= 0.6 is 23.4 Å². The van der Waals surface area contributed by atoms with Crippen molar-refractivity contribution in [2.24, 2.45) is 5.92 Å². The van der Waals surface area contributed by atoms with Crippen molar-refractivity contribution in [3.63, 3.8) is 0 Å². The SMILES string of the molecule is CSc1ccc(C(=O)N2CC(Cn3cc(Cl)cn3)C2)cc1. The molecular weight excluding hydrogens is 306 g/mol. The maximum atomic E-state index is 12.3. The van der Waals surface area contributed by atoms with Gasteiger partial charge in [-0.1, -0.05) is 11.6 Å². The van der Waals surface area contributed by atoms with Crippen molar-refractivity contribution in [2.75, 3.05) is 19.3 Å². The summed E-state index contributed by atoms with van der Waals surface area (Å²) in [6.07, 6.45) is 5.47. The fourth-order valence-electron chi connectivity index (χ4n) is 2.47. The molecule has 0 N–H and O–H groups in total. The molecule has 0 bridgehead atoms. The Labute approximate surface area is 133 Å². The van der Waals surface area contributed by atoms with Crippen LogP contribution in [0.2, 0.25) is 5.02 Å². The van der Waals surface area contributed by atoms with E-state index in [2.05, 4.69) is 5.10 Å². The number of nitrogens with zero attached hydrogens (tertiary/aromatic N) is 3. The zero-order valence-corrected chi connectivity index (χ0v) is 13.3. The third-order valence-corrected chi connectivity index (χ3v) is 4.57. The molecule has 2 aromatic rings. The van der Waals surface area contributed by atoms with E-state index in [9.17, 15) is 4.79 Å². The van der Waals surface area contributed by atoms with E-state index in [4.69, 9.17) is 11.6 Å². The fourth-order valence-corrected chi connectivity index (χ4v) is 3.03. The molecule has 1 aromatic heterocycles. The average Bonchev–Trinajstić information content (AvgIpc) is 2.87. The first kappa shape index (κ1) is 14.5. The summed E-state index contributed by atoms with van der Waals surface area (Å²) >= 11 is 7.51. The molecule has 1 aromatic carbocycles. The lowest BCUT2D eigenvalue weighted by atomic mass is 9.99. The summed E-state index contributed by atoms with van der Waals surface area (Å²) in [6, 6.07) is 7.77. The van der Waals surface area contributed by atoms with Crippen molar-refractivity contribution in [2.45, 2.75) is 11.4 Å². The molecule has 1 fully saturated rings. The lowest BCUT2D eigenvalue weighted by Gasteiger charge is -2.39. The van der Waals surface area contributed by atoms with Crippen LogP contribution in [0.1, 0.15) is 10.4 Å². The summed E-state index contributed by atoms with van der Waals surface area (Å²) in [5, 5.41) is 4.81. The van der Waals surface area contributed by atoms with Crippen molar-refractivity contribution in [1.82, 2.24) is 14.7 Å². The van der Waals surface area contributed by atoms with Crippen molar-refractivity contribution in [3.05, 3.63) is 47.2 Å². The van der Waals surface area contributed by atoms with Gasteiger partial charge in [0.2, 0.25) is 0 Å². The van der Waals surface area contributed by atoms with Crippen LogP contribution in [0.5, 0.6) is 0 Å². The lowest BCUT2D eigenvalue weighted by Crippen LogP contribution is -2.51. The molecule has 1 aliphatic heterocycles. The van der Waals surface area contributed by atoms with E-state index in [0.717, 1.165) is 25.2 Å². The highest BCUT2D eigenvalue weighted by Crippen LogP contribution is 2.22. The minimum absolute atomic E-state index is 0.109.